The highest BCUT2D eigenvalue weighted by atomic mass is 19.4. The summed E-state index contributed by atoms with van der Waals surface area (Å²) in [6, 6.07) is 1.87. The van der Waals surface area contributed by atoms with Crippen molar-refractivity contribution in [2.75, 3.05) is 0 Å². The second-order valence-electron chi connectivity index (χ2n) is 6.98. The van der Waals surface area contributed by atoms with E-state index in [0.717, 1.165) is 57.1 Å². The molecule has 1 aromatic carbocycles. The molecule has 1 aliphatic carbocycles. The maximum Gasteiger partial charge on any atom is 0.573 e. The van der Waals surface area contributed by atoms with Crippen molar-refractivity contribution < 1.29 is 26.7 Å². The van der Waals surface area contributed by atoms with Crippen molar-refractivity contribution in [2.24, 2.45) is 11.8 Å². The molecule has 0 amide bonds. The quantitative estimate of drug-likeness (QED) is 0.369. The van der Waals surface area contributed by atoms with Crippen molar-refractivity contribution in [3.63, 3.8) is 0 Å². The standard InChI is InChI=1S/C20H25F5O/c1-2-3-4-5-14-6-8-15(9-7-14)10-11-16-12-17(21)19(18(22)13-16)26-20(23,24)25/h3-4,12-15H,2,5-11H2,1H3/b4-3+/t14-,15-. The number of rotatable bonds is 7. The number of benzene rings is 1. The van der Waals surface area contributed by atoms with Gasteiger partial charge in [0.25, 0.3) is 0 Å². The Balaban J connectivity index is 1.84. The number of allylic oxidation sites excluding steroid dienone is 2. The Labute approximate surface area is 151 Å². The Morgan fingerprint density at radius 2 is 1.58 bits per heavy atom. The van der Waals surface area contributed by atoms with Gasteiger partial charge in [0.05, 0.1) is 0 Å². The predicted molar refractivity (Wildman–Crippen MR) is 90.9 cm³/mol. The molecule has 1 aromatic rings. The normalized spacial score (nSPS) is 21.3. The monoisotopic (exact) mass is 376 g/mol. The van der Waals surface area contributed by atoms with Gasteiger partial charge in [0.2, 0.25) is 5.75 Å². The van der Waals surface area contributed by atoms with Gasteiger partial charge in [-0.05, 0) is 68.1 Å². The number of hydrogen-bond acceptors (Lipinski definition) is 1. The highest BCUT2D eigenvalue weighted by Gasteiger charge is 2.34. The van der Waals surface area contributed by atoms with Gasteiger partial charge < -0.3 is 4.74 Å². The lowest BCUT2D eigenvalue weighted by Gasteiger charge is -2.28. The maximum atomic E-state index is 13.7. The highest BCUT2D eigenvalue weighted by Crippen LogP contribution is 2.34. The first kappa shape index (κ1) is 20.7. The molecule has 0 radical (unpaired) electrons. The molecule has 2 rings (SSSR count). The molecule has 1 saturated carbocycles. The first-order valence-corrected chi connectivity index (χ1v) is 9.17. The van der Waals surface area contributed by atoms with Crippen molar-refractivity contribution in [3.8, 4) is 5.75 Å². The van der Waals surface area contributed by atoms with Gasteiger partial charge in [-0.3, -0.25) is 0 Å². The third kappa shape index (κ3) is 6.61. The van der Waals surface area contributed by atoms with Crippen molar-refractivity contribution in [1.82, 2.24) is 0 Å². The minimum absolute atomic E-state index is 0.363. The van der Waals surface area contributed by atoms with Crippen LogP contribution in [0.5, 0.6) is 5.75 Å². The molecule has 26 heavy (non-hydrogen) atoms. The van der Waals surface area contributed by atoms with Crippen LogP contribution in [0.3, 0.4) is 0 Å². The van der Waals surface area contributed by atoms with E-state index in [9.17, 15) is 22.0 Å². The van der Waals surface area contributed by atoms with Crippen molar-refractivity contribution in [2.45, 2.75) is 64.7 Å². The fourth-order valence-corrected chi connectivity index (χ4v) is 3.55. The number of alkyl halides is 3. The van der Waals surface area contributed by atoms with Gasteiger partial charge in [0.1, 0.15) is 0 Å². The Kier molecular flexibility index (Phi) is 7.47. The van der Waals surface area contributed by atoms with Crippen molar-refractivity contribution >= 4 is 0 Å². The van der Waals surface area contributed by atoms with E-state index >= 15 is 0 Å². The minimum Gasteiger partial charge on any atom is -0.399 e. The van der Waals surface area contributed by atoms with Gasteiger partial charge in [-0.15, -0.1) is 13.2 Å². The number of hydrogen-bond donors (Lipinski definition) is 0. The molecular weight excluding hydrogens is 351 g/mol. The van der Waals surface area contributed by atoms with E-state index < -0.39 is 23.7 Å². The molecule has 0 unspecified atom stereocenters. The summed E-state index contributed by atoms with van der Waals surface area (Å²) in [5.74, 6) is -2.81. The van der Waals surface area contributed by atoms with Gasteiger partial charge in [0.15, 0.2) is 11.6 Å². The summed E-state index contributed by atoms with van der Waals surface area (Å²) in [6.45, 7) is 2.11. The first-order chi connectivity index (χ1) is 12.3. The van der Waals surface area contributed by atoms with Gasteiger partial charge in [0, 0.05) is 0 Å². The third-order valence-electron chi connectivity index (χ3n) is 4.96. The zero-order chi connectivity index (χ0) is 19.2. The molecule has 1 aliphatic rings. The summed E-state index contributed by atoms with van der Waals surface area (Å²) in [7, 11) is 0. The first-order valence-electron chi connectivity index (χ1n) is 9.17. The lowest BCUT2D eigenvalue weighted by Crippen LogP contribution is -2.19. The van der Waals surface area contributed by atoms with Gasteiger partial charge in [-0.25, -0.2) is 8.78 Å². The maximum absolute atomic E-state index is 13.7. The number of halogens is 5. The summed E-state index contributed by atoms with van der Waals surface area (Å²) >= 11 is 0. The van der Waals surface area contributed by atoms with E-state index in [1.165, 1.54) is 0 Å². The van der Waals surface area contributed by atoms with E-state index in [2.05, 4.69) is 23.8 Å². The molecule has 146 valence electrons. The summed E-state index contributed by atoms with van der Waals surface area (Å²) in [6.07, 6.45) is 7.18. The van der Waals surface area contributed by atoms with Crippen LogP contribution in [-0.4, -0.2) is 6.36 Å². The van der Waals surface area contributed by atoms with E-state index in [-0.39, 0.29) is 0 Å². The average molecular weight is 376 g/mol. The molecule has 0 heterocycles. The van der Waals surface area contributed by atoms with Crippen LogP contribution in [0.4, 0.5) is 22.0 Å². The minimum atomic E-state index is -5.12. The second-order valence-corrected chi connectivity index (χ2v) is 6.98. The fraction of sp³-hybridized carbons (Fsp3) is 0.600. The summed E-state index contributed by atoms with van der Waals surface area (Å²) in [5.41, 5.74) is 0.363. The summed E-state index contributed by atoms with van der Waals surface area (Å²) in [5, 5.41) is 0. The lowest BCUT2D eigenvalue weighted by molar-refractivity contribution is -0.276. The molecular formula is C20H25F5O. The Morgan fingerprint density at radius 1 is 1.00 bits per heavy atom. The Hall–Kier alpha value is -1.59. The average Bonchev–Trinajstić information content (AvgIpc) is 2.57. The van der Waals surface area contributed by atoms with Crippen LogP contribution in [0.2, 0.25) is 0 Å². The van der Waals surface area contributed by atoms with Gasteiger partial charge >= 0.3 is 6.36 Å². The topological polar surface area (TPSA) is 9.23 Å². The van der Waals surface area contributed by atoms with Crippen molar-refractivity contribution in [3.05, 3.63) is 41.5 Å². The Morgan fingerprint density at radius 3 is 2.12 bits per heavy atom. The molecule has 0 aromatic heterocycles. The number of aryl methyl sites for hydroxylation is 1. The lowest BCUT2D eigenvalue weighted by atomic mass is 9.78. The molecule has 0 bridgehead atoms. The molecule has 0 N–H and O–H groups in total. The van der Waals surface area contributed by atoms with Crippen LogP contribution < -0.4 is 4.74 Å². The molecule has 1 fully saturated rings. The van der Waals surface area contributed by atoms with Crippen LogP contribution in [0.1, 0.15) is 57.4 Å². The zero-order valence-corrected chi connectivity index (χ0v) is 14.9. The Bertz CT molecular complexity index is 578. The van der Waals surface area contributed by atoms with E-state index in [1.54, 1.807) is 0 Å². The van der Waals surface area contributed by atoms with Crippen LogP contribution in [0.15, 0.2) is 24.3 Å². The molecule has 0 aliphatic heterocycles. The van der Waals surface area contributed by atoms with Crippen LogP contribution in [0.25, 0.3) is 0 Å². The SMILES string of the molecule is CC/C=C/C[C@H]1CC[C@H](CCc2cc(F)c(OC(F)(F)F)c(F)c2)CC1. The van der Waals surface area contributed by atoms with Gasteiger partial charge in [-0.1, -0.05) is 31.9 Å². The molecule has 0 atom stereocenters. The molecule has 0 saturated heterocycles. The van der Waals surface area contributed by atoms with E-state index in [1.807, 2.05) is 0 Å². The summed E-state index contributed by atoms with van der Waals surface area (Å²) < 4.78 is 67.4. The van der Waals surface area contributed by atoms with Gasteiger partial charge in [-0.2, -0.15) is 0 Å². The molecule has 6 heteroatoms. The largest absolute Gasteiger partial charge is 0.573 e. The van der Waals surface area contributed by atoms with E-state index in [4.69, 9.17) is 0 Å². The third-order valence-corrected chi connectivity index (χ3v) is 4.96. The van der Waals surface area contributed by atoms with E-state index in [0.29, 0.717) is 23.8 Å². The molecule has 0 spiro atoms. The summed E-state index contributed by atoms with van der Waals surface area (Å²) in [4.78, 5) is 0. The van der Waals surface area contributed by atoms with Crippen LogP contribution in [-0.2, 0) is 6.42 Å². The van der Waals surface area contributed by atoms with Crippen LogP contribution >= 0.6 is 0 Å². The fourth-order valence-electron chi connectivity index (χ4n) is 3.55. The highest BCUT2D eigenvalue weighted by molar-refractivity contribution is 5.31. The number of ether oxygens (including phenoxy) is 1. The smallest absolute Gasteiger partial charge is 0.399 e. The predicted octanol–water partition coefficient (Wildman–Crippen LogP) is 6.96. The van der Waals surface area contributed by atoms with Crippen LogP contribution in [0, 0.1) is 23.5 Å². The second kappa shape index (κ2) is 9.38. The molecule has 1 nitrogen and oxygen atoms in total. The van der Waals surface area contributed by atoms with Crippen molar-refractivity contribution in [1.29, 1.82) is 0 Å². The zero-order valence-electron chi connectivity index (χ0n) is 14.9.